The van der Waals surface area contributed by atoms with Crippen molar-refractivity contribution in [2.24, 2.45) is 0 Å². The highest BCUT2D eigenvalue weighted by atomic mass is 35.5. The van der Waals surface area contributed by atoms with Crippen LogP contribution >= 0.6 is 12.4 Å². The van der Waals surface area contributed by atoms with Crippen molar-refractivity contribution in [3.63, 3.8) is 0 Å². The maximum Gasteiger partial charge on any atom is 0.120 e. The third kappa shape index (κ3) is 2.89. The lowest BCUT2D eigenvalue weighted by molar-refractivity contribution is 0.223. The summed E-state index contributed by atoms with van der Waals surface area (Å²) in [5.74, 6) is 0.994. The molecular weight excluding hydrogens is 198 g/mol. The average molecular weight is 214 g/mol. The number of halogens is 1. The molecule has 14 heavy (non-hydrogen) atoms. The Labute approximate surface area is 91.1 Å². The molecule has 0 bridgehead atoms. The van der Waals surface area contributed by atoms with Gasteiger partial charge in [0.05, 0.1) is 0 Å². The fraction of sp³-hybridized carbons (Fsp3) is 0.455. The van der Waals surface area contributed by atoms with Crippen LogP contribution in [-0.2, 0) is 0 Å². The van der Waals surface area contributed by atoms with Crippen LogP contribution in [0.15, 0.2) is 24.3 Å². The fourth-order valence-corrected chi connectivity index (χ4v) is 1.61. The molecule has 1 aliphatic heterocycles. The van der Waals surface area contributed by atoms with Gasteiger partial charge in [0.25, 0.3) is 0 Å². The highest BCUT2D eigenvalue weighted by Crippen LogP contribution is 2.16. The number of hydrogen-bond acceptors (Lipinski definition) is 2. The number of rotatable bonds is 2. The molecule has 3 heteroatoms. The van der Waals surface area contributed by atoms with E-state index in [1.807, 2.05) is 12.1 Å². The average Bonchev–Trinajstić information content (AvgIpc) is 2.57. The lowest BCUT2D eigenvalue weighted by atomic mass is 10.2. The molecule has 1 atom stereocenters. The van der Waals surface area contributed by atoms with Gasteiger partial charge in [0.2, 0.25) is 0 Å². The van der Waals surface area contributed by atoms with E-state index in [4.69, 9.17) is 4.74 Å². The van der Waals surface area contributed by atoms with Gasteiger partial charge in [-0.05, 0) is 37.6 Å². The van der Waals surface area contributed by atoms with Gasteiger partial charge in [0, 0.05) is 6.54 Å². The second-order valence-electron chi connectivity index (χ2n) is 3.55. The second-order valence-corrected chi connectivity index (χ2v) is 3.55. The predicted molar refractivity (Wildman–Crippen MR) is 60.3 cm³/mol. The first-order chi connectivity index (χ1) is 6.34. The van der Waals surface area contributed by atoms with E-state index in [1.165, 1.54) is 5.56 Å². The summed E-state index contributed by atoms with van der Waals surface area (Å²) in [6.45, 7) is 4.14. The van der Waals surface area contributed by atoms with Crippen LogP contribution in [0.4, 0.5) is 0 Å². The predicted octanol–water partition coefficient (Wildman–Crippen LogP) is 2.16. The van der Waals surface area contributed by atoms with E-state index in [1.54, 1.807) is 0 Å². The van der Waals surface area contributed by atoms with Crippen LogP contribution in [0.3, 0.4) is 0 Å². The van der Waals surface area contributed by atoms with Gasteiger partial charge in [-0.2, -0.15) is 0 Å². The summed E-state index contributed by atoms with van der Waals surface area (Å²) in [6, 6.07) is 8.22. The number of ether oxygens (including phenoxy) is 1. The molecule has 1 heterocycles. The minimum Gasteiger partial charge on any atom is -0.489 e. The third-order valence-electron chi connectivity index (χ3n) is 2.31. The maximum atomic E-state index is 5.79. The lowest BCUT2D eigenvalue weighted by Gasteiger charge is -2.12. The van der Waals surface area contributed by atoms with E-state index >= 15 is 0 Å². The molecule has 2 rings (SSSR count). The lowest BCUT2D eigenvalue weighted by Crippen LogP contribution is -2.19. The Hall–Kier alpha value is -0.730. The van der Waals surface area contributed by atoms with Crippen LogP contribution in [0.5, 0.6) is 5.75 Å². The van der Waals surface area contributed by atoms with E-state index in [0.29, 0.717) is 6.10 Å². The van der Waals surface area contributed by atoms with Gasteiger partial charge in [-0.25, -0.2) is 0 Å². The molecule has 0 radical (unpaired) electrons. The van der Waals surface area contributed by atoms with E-state index in [0.717, 1.165) is 25.3 Å². The number of benzene rings is 1. The summed E-state index contributed by atoms with van der Waals surface area (Å²) in [6.07, 6.45) is 1.48. The van der Waals surface area contributed by atoms with Crippen LogP contribution in [-0.4, -0.2) is 19.2 Å². The molecule has 1 fully saturated rings. The van der Waals surface area contributed by atoms with E-state index in [9.17, 15) is 0 Å². The molecule has 1 N–H and O–H groups in total. The molecule has 0 aromatic heterocycles. The molecule has 0 saturated carbocycles. The largest absolute Gasteiger partial charge is 0.489 e. The van der Waals surface area contributed by atoms with Gasteiger partial charge in [0.15, 0.2) is 0 Å². The minimum atomic E-state index is 0. The molecule has 0 spiro atoms. The topological polar surface area (TPSA) is 21.3 Å². The Morgan fingerprint density at radius 3 is 2.93 bits per heavy atom. The second kappa shape index (κ2) is 5.23. The molecule has 0 amide bonds. The molecule has 1 aliphatic rings. The summed E-state index contributed by atoms with van der Waals surface area (Å²) in [7, 11) is 0. The Morgan fingerprint density at radius 1 is 1.43 bits per heavy atom. The zero-order chi connectivity index (χ0) is 9.10. The molecule has 78 valence electrons. The van der Waals surface area contributed by atoms with Crippen molar-refractivity contribution in [2.45, 2.75) is 19.4 Å². The Bertz CT molecular complexity index is 284. The van der Waals surface area contributed by atoms with Crippen LogP contribution < -0.4 is 10.1 Å². The van der Waals surface area contributed by atoms with Crippen molar-refractivity contribution in [2.75, 3.05) is 13.1 Å². The molecule has 2 nitrogen and oxygen atoms in total. The van der Waals surface area contributed by atoms with Crippen molar-refractivity contribution in [1.29, 1.82) is 0 Å². The van der Waals surface area contributed by atoms with Crippen molar-refractivity contribution >= 4 is 12.4 Å². The minimum absolute atomic E-state index is 0. The van der Waals surface area contributed by atoms with Gasteiger partial charge >= 0.3 is 0 Å². The summed E-state index contributed by atoms with van der Waals surface area (Å²) in [5.41, 5.74) is 1.25. The normalized spacial score (nSPS) is 20.2. The standard InChI is InChI=1S/C11H15NO.ClH/c1-9-3-2-4-10(7-9)13-11-5-6-12-8-11;/h2-4,7,11-12H,5-6,8H2,1H3;1H/t11-;/m1./s1. The Kier molecular flexibility index (Phi) is 4.23. The highest BCUT2D eigenvalue weighted by Gasteiger charge is 2.15. The van der Waals surface area contributed by atoms with Crippen molar-refractivity contribution < 1.29 is 4.74 Å². The first kappa shape index (κ1) is 11.3. The van der Waals surface area contributed by atoms with Crippen LogP contribution in [0, 0.1) is 6.92 Å². The zero-order valence-corrected chi connectivity index (χ0v) is 9.14. The van der Waals surface area contributed by atoms with Crippen molar-refractivity contribution in [3.05, 3.63) is 29.8 Å². The fourth-order valence-electron chi connectivity index (χ4n) is 1.61. The summed E-state index contributed by atoms with van der Waals surface area (Å²) < 4.78 is 5.79. The number of nitrogens with one attached hydrogen (secondary N) is 1. The third-order valence-corrected chi connectivity index (χ3v) is 2.31. The van der Waals surface area contributed by atoms with Crippen LogP contribution in [0.25, 0.3) is 0 Å². The molecule has 1 saturated heterocycles. The molecule has 0 aliphatic carbocycles. The van der Waals surface area contributed by atoms with Crippen molar-refractivity contribution in [1.82, 2.24) is 5.32 Å². The number of hydrogen-bond donors (Lipinski definition) is 1. The highest BCUT2D eigenvalue weighted by molar-refractivity contribution is 5.85. The summed E-state index contributed by atoms with van der Waals surface area (Å²) in [4.78, 5) is 0. The van der Waals surface area contributed by atoms with Crippen LogP contribution in [0.1, 0.15) is 12.0 Å². The SMILES string of the molecule is Cc1cccc(O[C@@H]2CCNC2)c1.Cl. The van der Waals surface area contributed by atoms with Gasteiger partial charge in [-0.15, -0.1) is 12.4 Å². The molecule has 1 aromatic carbocycles. The first-order valence-corrected chi connectivity index (χ1v) is 4.78. The van der Waals surface area contributed by atoms with Gasteiger partial charge in [0.1, 0.15) is 11.9 Å². The van der Waals surface area contributed by atoms with E-state index < -0.39 is 0 Å². The quantitative estimate of drug-likeness (QED) is 0.813. The smallest absolute Gasteiger partial charge is 0.120 e. The maximum absolute atomic E-state index is 5.79. The van der Waals surface area contributed by atoms with Gasteiger partial charge in [-0.3, -0.25) is 0 Å². The zero-order valence-electron chi connectivity index (χ0n) is 8.32. The van der Waals surface area contributed by atoms with Gasteiger partial charge in [-0.1, -0.05) is 12.1 Å². The monoisotopic (exact) mass is 213 g/mol. The Morgan fingerprint density at radius 2 is 2.29 bits per heavy atom. The van der Waals surface area contributed by atoms with E-state index in [2.05, 4.69) is 24.4 Å². The molecule has 0 unspecified atom stereocenters. The van der Waals surface area contributed by atoms with Gasteiger partial charge < -0.3 is 10.1 Å². The number of aryl methyl sites for hydroxylation is 1. The summed E-state index contributed by atoms with van der Waals surface area (Å²) in [5, 5.41) is 3.28. The summed E-state index contributed by atoms with van der Waals surface area (Å²) >= 11 is 0. The first-order valence-electron chi connectivity index (χ1n) is 4.78. The Balaban J connectivity index is 0.000000980. The molecule has 1 aromatic rings. The van der Waals surface area contributed by atoms with E-state index in [-0.39, 0.29) is 12.4 Å². The van der Waals surface area contributed by atoms with Crippen LogP contribution in [0.2, 0.25) is 0 Å². The van der Waals surface area contributed by atoms with Crippen molar-refractivity contribution in [3.8, 4) is 5.75 Å². The molecular formula is C11H16ClNO.